The average Bonchev–Trinajstić information content (AvgIpc) is 2.91. The molecule has 2 aliphatic rings. The summed E-state index contributed by atoms with van der Waals surface area (Å²) in [6, 6.07) is 4.10. The van der Waals surface area contributed by atoms with Gasteiger partial charge in [0.05, 0.1) is 17.1 Å². The van der Waals surface area contributed by atoms with Gasteiger partial charge in [-0.05, 0) is 40.0 Å². The van der Waals surface area contributed by atoms with Gasteiger partial charge in [0.1, 0.15) is 18.3 Å². The minimum absolute atomic E-state index is 0.0123. The van der Waals surface area contributed by atoms with E-state index in [1.807, 2.05) is 11.1 Å². The number of amides is 1. The van der Waals surface area contributed by atoms with Crippen LogP contribution in [-0.2, 0) is 16.1 Å². The molecule has 1 aromatic heterocycles. The highest BCUT2D eigenvalue weighted by Crippen LogP contribution is 2.41. The fourth-order valence-corrected chi connectivity index (χ4v) is 5.49. The fraction of sp³-hybridized carbons (Fsp3) is 0.474. The molecular weight excluding hydrogens is 444 g/mol. The summed E-state index contributed by atoms with van der Waals surface area (Å²) in [6.07, 6.45) is 0.885. The second kappa shape index (κ2) is 8.16. The minimum atomic E-state index is -0.0748. The van der Waals surface area contributed by atoms with E-state index >= 15 is 0 Å². The molecule has 28 heavy (non-hydrogen) atoms. The monoisotopic (exact) mass is 468 g/mol. The Morgan fingerprint density at radius 2 is 2.39 bits per heavy atom. The zero-order chi connectivity index (χ0) is 19.8. The van der Waals surface area contributed by atoms with Gasteiger partial charge in [0.2, 0.25) is 5.91 Å². The van der Waals surface area contributed by atoms with Crippen LogP contribution < -0.4 is 15.8 Å². The number of aromatic nitrogens is 1. The number of H-pyrrole nitrogens is 1. The molecule has 0 saturated carbocycles. The number of hydroxylamine groups is 2. The van der Waals surface area contributed by atoms with Crippen LogP contribution in [-0.4, -0.2) is 59.3 Å². The van der Waals surface area contributed by atoms with Gasteiger partial charge in [-0.3, -0.25) is 9.63 Å². The number of rotatable bonds is 4. The Morgan fingerprint density at radius 1 is 1.57 bits per heavy atom. The van der Waals surface area contributed by atoms with E-state index in [1.54, 1.807) is 0 Å². The number of benzene rings is 1. The van der Waals surface area contributed by atoms with Crippen molar-refractivity contribution in [1.29, 1.82) is 0 Å². The first kappa shape index (κ1) is 19.9. The van der Waals surface area contributed by atoms with Crippen LogP contribution in [0, 0.1) is 0 Å². The highest BCUT2D eigenvalue weighted by molar-refractivity contribution is 9.10. The number of nitrogens with zero attached hydrogens (tertiary/aromatic N) is 1. The number of fused-ring (bicyclic) bond motifs is 5. The standard InChI is InChI=1S/C19H25BrN4O3S/c1-11(25)22-4-6-26-17-7-13-12-3-5-24-19(15(21)9-28(2)10-27-24)18(12)23-16(13)8-14(17)20/h7-8,15,19,23H,2-6,9-10,21H2,1H3,(H,22,25). The van der Waals surface area contributed by atoms with Crippen LogP contribution in [0.2, 0.25) is 0 Å². The number of carbonyl (C=O) groups is 1. The van der Waals surface area contributed by atoms with Crippen LogP contribution in [0.25, 0.3) is 10.9 Å². The second-order valence-electron chi connectivity index (χ2n) is 7.20. The van der Waals surface area contributed by atoms with E-state index in [1.165, 1.54) is 12.5 Å². The SMILES string of the molecule is C=S1CON2CCc3c([nH]c4cc(Br)c(OCCNC(C)=O)cc34)C2C(N)C1. The normalized spacial score (nSPS) is 25.0. The number of hydrogen-bond acceptors (Lipinski definition) is 5. The smallest absolute Gasteiger partial charge is 0.216 e. The molecule has 152 valence electrons. The third kappa shape index (κ3) is 3.86. The van der Waals surface area contributed by atoms with Crippen molar-refractivity contribution in [2.75, 3.05) is 31.4 Å². The van der Waals surface area contributed by atoms with Crippen molar-refractivity contribution in [3.05, 3.63) is 27.9 Å². The van der Waals surface area contributed by atoms with E-state index in [0.29, 0.717) is 19.1 Å². The second-order valence-corrected chi connectivity index (χ2v) is 9.85. The predicted octanol–water partition coefficient (Wildman–Crippen LogP) is 2.28. The van der Waals surface area contributed by atoms with Gasteiger partial charge in [0.25, 0.3) is 0 Å². The van der Waals surface area contributed by atoms with Crippen molar-refractivity contribution in [3.63, 3.8) is 0 Å². The van der Waals surface area contributed by atoms with Crippen LogP contribution in [0.3, 0.4) is 0 Å². The summed E-state index contributed by atoms with van der Waals surface area (Å²) >= 11 is 3.59. The first-order valence-electron chi connectivity index (χ1n) is 9.27. The third-order valence-corrected chi connectivity index (χ3v) is 7.05. The molecule has 1 amide bonds. The summed E-state index contributed by atoms with van der Waals surface area (Å²) in [4.78, 5) is 20.6. The highest BCUT2D eigenvalue weighted by atomic mass is 79.9. The molecule has 2 aromatic rings. The van der Waals surface area contributed by atoms with Crippen LogP contribution in [0.5, 0.6) is 5.75 Å². The number of carbonyl (C=O) groups excluding carboxylic acids is 1. The van der Waals surface area contributed by atoms with Crippen LogP contribution in [0.15, 0.2) is 16.6 Å². The van der Waals surface area contributed by atoms with Gasteiger partial charge in [-0.25, -0.2) is 0 Å². The minimum Gasteiger partial charge on any atom is -0.491 e. The van der Waals surface area contributed by atoms with Crippen molar-refractivity contribution in [3.8, 4) is 5.75 Å². The number of aromatic amines is 1. The molecule has 3 unspecified atom stereocenters. The lowest BCUT2D eigenvalue weighted by Crippen LogP contribution is -2.44. The molecular formula is C19H25BrN4O3S. The molecule has 3 heterocycles. The summed E-state index contributed by atoms with van der Waals surface area (Å²) in [6.45, 7) is 3.19. The molecule has 3 atom stereocenters. The summed E-state index contributed by atoms with van der Waals surface area (Å²) < 4.78 is 6.75. The molecule has 7 nitrogen and oxygen atoms in total. The Kier molecular flexibility index (Phi) is 5.80. The van der Waals surface area contributed by atoms with Gasteiger partial charge in [-0.2, -0.15) is 15.5 Å². The number of ether oxygens (including phenoxy) is 1. The fourth-order valence-electron chi connectivity index (χ4n) is 3.92. The van der Waals surface area contributed by atoms with Crippen molar-refractivity contribution >= 4 is 49.1 Å². The molecule has 9 heteroatoms. The number of nitrogens with two attached hydrogens (primary N) is 1. The van der Waals surface area contributed by atoms with E-state index < -0.39 is 0 Å². The van der Waals surface area contributed by atoms with E-state index in [9.17, 15) is 4.79 Å². The Labute approximate surface area is 174 Å². The molecule has 4 rings (SSSR count). The maximum absolute atomic E-state index is 11.0. The molecule has 1 saturated heterocycles. The van der Waals surface area contributed by atoms with Gasteiger partial charge in [0.15, 0.2) is 0 Å². The lowest BCUT2D eigenvalue weighted by atomic mass is 9.95. The van der Waals surface area contributed by atoms with Gasteiger partial charge < -0.3 is 20.8 Å². The molecule has 2 aliphatic heterocycles. The summed E-state index contributed by atoms with van der Waals surface area (Å²) in [5.74, 6) is 6.37. The van der Waals surface area contributed by atoms with E-state index in [-0.39, 0.29) is 28.5 Å². The van der Waals surface area contributed by atoms with Gasteiger partial charge in [0, 0.05) is 41.9 Å². The predicted molar refractivity (Wildman–Crippen MR) is 117 cm³/mol. The Bertz CT molecular complexity index is 932. The summed E-state index contributed by atoms with van der Waals surface area (Å²) in [5.41, 5.74) is 10.0. The largest absolute Gasteiger partial charge is 0.491 e. The van der Waals surface area contributed by atoms with Crippen LogP contribution in [0.1, 0.15) is 24.2 Å². The van der Waals surface area contributed by atoms with Crippen LogP contribution in [0.4, 0.5) is 0 Å². The van der Waals surface area contributed by atoms with Gasteiger partial charge in [-0.1, -0.05) is 5.87 Å². The van der Waals surface area contributed by atoms with Crippen molar-refractivity contribution < 1.29 is 14.4 Å². The van der Waals surface area contributed by atoms with Crippen molar-refractivity contribution in [2.24, 2.45) is 5.73 Å². The van der Waals surface area contributed by atoms with Crippen LogP contribution >= 0.6 is 26.4 Å². The first-order chi connectivity index (χ1) is 13.4. The molecule has 0 radical (unpaired) electrons. The van der Waals surface area contributed by atoms with Gasteiger partial charge in [-0.15, -0.1) is 0 Å². The van der Waals surface area contributed by atoms with Crippen molar-refractivity contribution in [2.45, 2.75) is 25.4 Å². The average molecular weight is 469 g/mol. The molecule has 0 bridgehead atoms. The number of hydrogen-bond donors (Lipinski definition) is 3. The lowest BCUT2D eigenvalue weighted by molar-refractivity contribution is -0.176. The Balaban J connectivity index is 1.65. The zero-order valence-corrected chi connectivity index (χ0v) is 18.2. The lowest BCUT2D eigenvalue weighted by Gasteiger charge is -2.35. The number of halogens is 1. The number of nitrogens with one attached hydrogen (secondary N) is 2. The molecule has 1 fully saturated rings. The summed E-state index contributed by atoms with van der Waals surface area (Å²) in [5, 5.41) is 5.92. The van der Waals surface area contributed by atoms with E-state index in [2.05, 4.69) is 38.2 Å². The maximum atomic E-state index is 11.0. The van der Waals surface area contributed by atoms with E-state index in [4.69, 9.17) is 15.3 Å². The topological polar surface area (TPSA) is 92.6 Å². The molecule has 0 spiro atoms. The van der Waals surface area contributed by atoms with Crippen molar-refractivity contribution in [1.82, 2.24) is 15.4 Å². The molecule has 1 aromatic carbocycles. The molecule has 0 aliphatic carbocycles. The van der Waals surface area contributed by atoms with E-state index in [0.717, 1.165) is 45.5 Å². The maximum Gasteiger partial charge on any atom is 0.216 e. The first-order valence-corrected chi connectivity index (χ1v) is 11.8. The third-order valence-electron chi connectivity index (χ3n) is 5.13. The highest BCUT2D eigenvalue weighted by Gasteiger charge is 2.37. The Morgan fingerprint density at radius 3 is 3.18 bits per heavy atom. The quantitative estimate of drug-likeness (QED) is 0.472. The zero-order valence-electron chi connectivity index (χ0n) is 15.8. The van der Waals surface area contributed by atoms with Gasteiger partial charge >= 0.3 is 0 Å². The molecule has 4 N–H and O–H groups in total. The Hall–Kier alpha value is -1.39. The summed E-state index contributed by atoms with van der Waals surface area (Å²) in [7, 11) is -0.0748.